The third kappa shape index (κ3) is 4.04. The summed E-state index contributed by atoms with van der Waals surface area (Å²) in [7, 11) is 2.16. The van der Waals surface area contributed by atoms with E-state index in [0.717, 1.165) is 13.1 Å². The number of rotatable bonds is 6. The van der Waals surface area contributed by atoms with E-state index in [9.17, 15) is 0 Å². The first-order chi connectivity index (χ1) is 7.97. The first-order valence-corrected chi connectivity index (χ1v) is 6.47. The molecule has 1 aromatic rings. The fourth-order valence-corrected chi connectivity index (χ4v) is 2.10. The van der Waals surface area contributed by atoms with Gasteiger partial charge in [0.15, 0.2) is 0 Å². The predicted molar refractivity (Wildman–Crippen MR) is 76.6 cm³/mol. The van der Waals surface area contributed by atoms with Crippen LogP contribution in [0.5, 0.6) is 0 Å². The minimum absolute atomic E-state index is 0.251. The highest BCUT2D eigenvalue weighted by atomic mass is 15.1. The molecule has 0 aliphatic heterocycles. The molecule has 0 saturated carbocycles. The molecule has 1 unspecified atom stereocenters. The number of para-hydroxylation sites is 1. The molecular weight excluding hydrogens is 208 g/mol. The van der Waals surface area contributed by atoms with Gasteiger partial charge < -0.3 is 10.2 Å². The van der Waals surface area contributed by atoms with Crippen molar-refractivity contribution in [2.75, 3.05) is 25.0 Å². The van der Waals surface area contributed by atoms with Gasteiger partial charge in [0.25, 0.3) is 0 Å². The third-order valence-corrected chi connectivity index (χ3v) is 3.52. The highest BCUT2D eigenvalue weighted by Gasteiger charge is 2.26. The smallest absolute Gasteiger partial charge is 0.0363 e. The minimum Gasteiger partial charge on any atom is -0.374 e. The Labute approximate surface area is 106 Å². The lowest BCUT2D eigenvalue weighted by Gasteiger charge is -2.37. The van der Waals surface area contributed by atoms with Crippen LogP contribution in [-0.2, 0) is 0 Å². The van der Waals surface area contributed by atoms with E-state index in [1.165, 1.54) is 5.69 Å². The summed E-state index contributed by atoms with van der Waals surface area (Å²) in [5, 5.41) is 3.52. The Kier molecular flexibility index (Phi) is 5.01. The van der Waals surface area contributed by atoms with Crippen molar-refractivity contribution in [3.8, 4) is 0 Å². The molecule has 1 aromatic carbocycles. The summed E-state index contributed by atoms with van der Waals surface area (Å²) >= 11 is 0. The van der Waals surface area contributed by atoms with Crippen molar-refractivity contribution < 1.29 is 0 Å². The van der Waals surface area contributed by atoms with E-state index >= 15 is 0 Å². The highest BCUT2D eigenvalue weighted by molar-refractivity contribution is 5.45. The zero-order chi connectivity index (χ0) is 12.9. The molecule has 1 N–H and O–H groups in total. The average Bonchev–Trinajstić information content (AvgIpc) is 2.30. The van der Waals surface area contributed by atoms with Crippen LogP contribution in [0.3, 0.4) is 0 Å². The predicted octanol–water partition coefficient (Wildman–Crippen LogP) is 3.15. The van der Waals surface area contributed by atoms with E-state index in [2.05, 4.69) is 75.3 Å². The van der Waals surface area contributed by atoms with Crippen LogP contribution in [0, 0.1) is 5.41 Å². The normalized spacial score (nSPS) is 13.5. The number of anilines is 1. The van der Waals surface area contributed by atoms with Crippen molar-refractivity contribution in [3.63, 3.8) is 0 Å². The van der Waals surface area contributed by atoms with E-state index in [-0.39, 0.29) is 5.41 Å². The van der Waals surface area contributed by atoms with Gasteiger partial charge >= 0.3 is 0 Å². The lowest BCUT2D eigenvalue weighted by Crippen LogP contribution is -2.46. The highest BCUT2D eigenvalue weighted by Crippen LogP contribution is 2.24. The van der Waals surface area contributed by atoms with E-state index in [1.54, 1.807) is 0 Å². The molecule has 0 amide bonds. The average molecular weight is 234 g/mol. The molecule has 2 nitrogen and oxygen atoms in total. The van der Waals surface area contributed by atoms with Crippen molar-refractivity contribution in [3.05, 3.63) is 30.3 Å². The van der Waals surface area contributed by atoms with Crippen LogP contribution in [0.15, 0.2) is 30.3 Å². The second-order valence-electron chi connectivity index (χ2n) is 5.46. The molecule has 0 bridgehead atoms. The molecule has 0 radical (unpaired) electrons. The van der Waals surface area contributed by atoms with Crippen molar-refractivity contribution in [2.24, 2.45) is 5.41 Å². The molecular formula is C15H26N2. The molecule has 0 saturated heterocycles. The molecule has 0 fully saturated rings. The van der Waals surface area contributed by atoms with Gasteiger partial charge in [-0.3, -0.25) is 0 Å². The van der Waals surface area contributed by atoms with E-state index in [1.807, 2.05) is 0 Å². The van der Waals surface area contributed by atoms with Gasteiger partial charge in [-0.05, 0) is 31.0 Å². The summed E-state index contributed by atoms with van der Waals surface area (Å²) in [6.07, 6.45) is 0. The number of nitrogens with zero attached hydrogens (tertiary/aromatic N) is 1. The topological polar surface area (TPSA) is 15.3 Å². The monoisotopic (exact) mass is 234 g/mol. The lowest BCUT2D eigenvalue weighted by atomic mass is 9.84. The van der Waals surface area contributed by atoms with Crippen LogP contribution >= 0.6 is 0 Å². The molecule has 1 rings (SSSR count). The van der Waals surface area contributed by atoms with E-state index in [0.29, 0.717) is 6.04 Å². The Hall–Kier alpha value is -1.02. The van der Waals surface area contributed by atoms with Gasteiger partial charge in [-0.15, -0.1) is 0 Å². The Morgan fingerprint density at radius 1 is 1.24 bits per heavy atom. The second-order valence-corrected chi connectivity index (χ2v) is 5.46. The van der Waals surface area contributed by atoms with Crippen LogP contribution in [-0.4, -0.2) is 26.2 Å². The molecule has 96 valence electrons. The van der Waals surface area contributed by atoms with Crippen LogP contribution in [0.1, 0.15) is 27.7 Å². The first kappa shape index (κ1) is 14.0. The fraction of sp³-hybridized carbons (Fsp3) is 0.600. The van der Waals surface area contributed by atoms with E-state index < -0.39 is 0 Å². The van der Waals surface area contributed by atoms with Crippen molar-refractivity contribution in [1.82, 2.24) is 5.32 Å². The molecule has 0 spiro atoms. The van der Waals surface area contributed by atoms with Crippen molar-refractivity contribution >= 4 is 5.69 Å². The Morgan fingerprint density at radius 2 is 1.82 bits per heavy atom. The maximum atomic E-state index is 3.52. The second kappa shape index (κ2) is 6.06. The zero-order valence-corrected chi connectivity index (χ0v) is 11.8. The molecule has 2 heteroatoms. The number of nitrogens with one attached hydrogen (secondary N) is 1. The summed E-state index contributed by atoms with van der Waals surface area (Å²) in [5.41, 5.74) is 1.53. The summed E-state index contributed by atoms with van der Waals surface area (Å²) in [4.78, 5) is 2.33. The molecule has 1 atom stereocenters. The van der Waals surface area contributed by atoms with Gasteiger partial charge in [-0.2, -0.15) is 0 Å². The number of benzene rings is 1. The first-order valence-electron chi connectivity index (χ1n) is 6.47. The summed E-state index contributed by atoms with van der Waals surface area (Å²) in [5.74, 6) is 0. The number of hydrogen-bond donors (Lipinski definition) is 1. The van der Waals surface area contributed by atoms with Gasteiger partial charge in [0, 0.05) is 25.3 Å². The molecule has 0 aromatic heterocycles. The van der Waals surface area contributed by atoms with Crippen LogP contribution in [0.25, 0.3) is 0 Å². The van der Waals surface area contributed by atoms with Crippen LogP contribution in [0.2, 0.25) is 0 Å². The van der Waals surface area contributed by atoms with Crippen LogP contribution in [0.4, 0.5) is 5.69 Å². The van der Waals surface area contributed by atoms with Crippen molar-refractivity contribution in [1.29, 1.82) is 0 Å². The van der Waals surface area contributed by atoms with Gasteiger partial charge in [-0.25, -0.2) is 0 Å². The Bertz CT molecular complexity index is 319. The van der Waals surface area contributed by atoms with Gasteiger partial charge in [0.1, 0.15) is 0 Å². The lowest BCUT2D eigenvalue weighted by molar-refractivity contribution is 0.266. The summed E-state index contributed by atoms with van der Waals surface area (Å²) < 4.78 is 0. The maximum Gasteiger partial charge on any atom is 0.0363 e. The summed E-state index contributed by atoms with van der Waals surface area (Å²) in [6.45, 7) is 11.1. The van der Waals surface area contributed by atoms with Crippen LogP contribution < -0.4 is 10.2 Å². The molecule has 0 aliphatic carbocycles. The third-order valence-electron chi connectivity index (χ3n) is 3.52. The quantitative estimate of drug-likeness (QED) is 0.813. The van der Waals surface area contributed by atoms with Gasteiger partial charge in [0.05, 0.1) is 0 Å². The standard InChI is InChI=1S/C15H26N2/c1-6-16-13(2)15(3,4)12-17(5)14-10-8-7-9-11-14/h7-11,13,16H,6,12H2,1-5H3. The number of hydrogen-bond acceptors (Lipinski definition) is 2. The molecule has 17 heavy (non-hydrogen) atoms. The summed E-state index contributed by atoms with van der Waals surface area (Å²) in [6, 6.07) is 11.1. The van der Waals surface area contributed by atoms with Crippen molar-refractivity contribution in [2.45, 2.75) is 33.7 Å². The zero-order valence-electron chi connectivity index (χ0n) is 11.8. The fourth-order valence-electron chi connectivity index (χ4n) is 2.10. The molecule has 0 aliphatic rings. The van der Waals surface area contributed by atoms with Gasteiger partial charge in [0.2, 0.25) is 0 Å². The van der Waals surface area contributed by atoms with E-state index in [4.69, 9.17) is 0 Å². The minimum atomic E-state index is 0.251. The molecule has 0 heterocycles. The largest absolute Gasteiger partial charge is 0.374 e. The SMILES string of the molecule is CCNC(C)C(C)(C)CN(C)c1ccccc1. The Morgan fingerprint density at radius 3 is 2.35 bits per heavy atom. The Balaban J connectivity index is 2.64. The maximum absolute atomic E-state index is 3.52. The van der Waals surface area contributed by atoms with Gasteiger partial charge in [-0.1, -0.05) is 39.0 Å².